The normalized spacial score (nSPS) is 11.7. The minimum absolute atomic E-state index is 0.106. The highest BCUT2D eigenvalue weighted by atomic mass is 79.9. The molecule has 0 saturated carbocycles. The Morgan fingerprint density at radius 2 is 2.07 bits per heavy atom. The molecule has 0 aliphatic rings. The molecular weight excluding hydrogens is 290 g/mol. The smallest absolute Gasteiger partial charge is 0.177 e. The van der Waals surface area contributed by atoms with Crippen LogP contribution in [0, 0.1) is 0 Å². The summed E-state index contributed by atoms with van der Waals surface area (Å²) in [7, 11) is -3.31. The van der Waals surface area contributed by atoms with Gasteiger partial charge in [0.05, 0.1) is 9.92 Å². The van der Waals surface area contributed by atoms with E-state index in [1.807, 2.05) is 0 Å². The van der Waals surface area contributed by atoms with Gasteiger partial charge >= 0.3 is 0 Å². The Balaban J connectivity index is 3.53. The number of sulfone groups is 1. The van der Waals surface area contributed by atoms with Crippen molar-refractivity contribution in [3.63, 3.8) is 0 Å². The second-order valence-electron chi connectivity index (χ2n) is 2.85. The largest absolute Gasteiger partial charge is 0.326 e. The molecule has 0 amide bonds. The lowest BCUT2D eigenvalue weighted by molar-refractivity contribution is 0.601. The van der Waals surface area contributed by atoms with E-state index in [0.717, 1.165) is 6.26 Å². The third-order valence-electron chi connectivity index (χ3n) is 1.70. The van der Waals surface area contributed by atoms with Gasteiger partial charge in [-0.3, -0.25) is 0 Å². The van der Waals surface area contributed by atoms with Gasteiger partial charge in [0.25, 0.3) is 0 Å². The summed E-state index contributed by atoms with van der Waals surface area (Å²) in [4.78, 5) is 0.106. The van der Waals surface area contributed by atoms with Gasteiger partial charge in [-0.25, -0.2) is 8.42 Å². The molecule has 78 valence electrons. The predicted molar refractivity (Wildman–Crippen MR) is 60.2 cm³/mol. The maximum atomic E-state index is 11.3. The molecule has 1 rings (SSSR count). The summed E-state index contributed by atoms with van der Waals surface area (Å²) in [6.07, 6.45) is 1.11. The summed E-state index contributed by atoms with van der Waals surface area (Å²) >= 11 is 9.09. The topological polar surface area (TPSA) is 60.2 Å². The maximum absolute atomic E-state index is 11.3. The number of hydrogen-bond acceptors (Lipinski definition) is 3. The van der Waals surface area contributed by atoms with E-state index in [0.29, 0.717) is 10.0 Å². The van der Waals surface area contributed by atoms with E-state index < -0.39 is 9.84 Å². The van der Waals surface area contributed by atoms with E-state index in [2.05, 4.69) is 15.9 Å². The van der Waals surface area contributed by atoms with Crippen LogP contribution in [-0.2, 0) is 16.4 Å². The van der Waals surface area contributed by atoms with Gasteiger partial charge in [-0.05, 0) is 17.7 Å². The highest BCUT2D eigenvalue weighted by Crippen LogP contribution is 2.29. The Labute approximate surface area is 96.3 Å². The fourth-order valence-electron chi connectivity index (χ4n) is 1.04. The lowest BCUT2D eigenvalue weighted by atomic mass is 10.2. The minimum Gasteiger partial charge on any atom is -0.326 e. The van der Waals surface area contributed by atoms with Crippen LogP contribution in [0.1, 0.15) is 5.56 Å². The molecule has 1 aromatic rings. The molecular formula is C8H9BrClNO2S. The van der Waals surface area contributed by atoms with Gasteiger partial charge in [0.15, 0.2) is 9.84 Å². The van der Waals surface area contributed by atoms with E-state index in [-0.39, 0.29) is 16.5 Å². The quantitative estimate of drug-likeness (QED) is 0.908. The van der Waals surface area contributed by atoms with Crippen LogP contribution in [0.15, 0.2) is 21.5 Å². The van der Waals surface area contributed by atoms with E-state index in [1.54, 1.807) is 6.07 Å². The van der Waals surface area contributed by atoms with Gasteiger partial charge in [-0.2, -0.15) is 0 Å². The van der Waals surface area contributed by atoms with E-state index >= 15 is 0 Å². The fraction of sp³-hybridized carbons (Fsp3) is 0.250. The zero-order valence-corrected chi connectivity index (χ0v) is 10.6. The molecule has 6 heteroatoms. The molecule has 0 aliphatic carbocycles. The summed E-state index contributed by atoms with van der Waals surface area (Å²) in [6.45, 7) is 0.209. The predicted octanol–water partition coefficient (Wildman–Crippen LogP) is 1.96. The Bertz CT molecular complexity index is 459. The molecule has 0 heterocycles. The monoisotopic (exact) mass is 297 g/mol. The molecule has 0 atom stereocenters. The van der Waals surface area contributed by atoms with E-state index in [9.17, 15) is 8.42 Å². The number of hydrogen-bond donors (Lipinski definition) is 1. The lowest BCUT2D eigenvalue weighted by Crippen LogP contribution is -2.04. The van der Waals surface area contributed by atoms with Crippen molar-refractivity contribution in [3.05, 3.63) is 27.2 Å². The average Bonchev–Trinajstić information content (AvgIpc) is 2.06. The first-order valence-corrected chi connectivity index (χ1v) is 6.80. The van der Waals surface area contributed by atoms with Crippen LogP contribution >= 0.6 is 27.5 Å². The summed E-state index contributed by atoms with van der Waals surface area (Å²) in [5.74, 6) is 0. The van der Waals surface area contributed by atoms with Crippen LogP contribution in [0.25, 0.3) is 0 Å². The summed E-state index contributed by atoms with van der Waals surface area (Å²) in [5.41, 5.74) is 6.04. The summed E-state index contributed by atoms with van der Waals surface area (Å²) in [5, 5.41) is 0.207. The van der Waals surface area contributed by atoms with Crippen molar-refractivity contribution in [2.45, 2.75) is 11.4 Å². The molecule has 0 radical (unpaired) electrons. The van der Waals surface area contributed by atoms with Crippen LogP contribution in [0.3, 0.4) is 0 Å². The number of rotatable bonds is 2. The van der Waals surface area contributed by atoms with Gasteiger partial charge in [-0.15, -0.1) is 0 Å². The first kappa shape index (κ1) is 12.0. The third-order valence-corrected chi connectivity index (χ3v) is 3.84. The molecule has 0 unspecified atom stereocenters. The van der Waals surface area contributed by atoms with Crippen LogP contribution < -0.4 is 5.73 Å². The molecule has 0 spiro atoms. The number of halogens is 2. The second-order valence-corrected chi connectivity index (χ2v) is 6.13. The van der Waals surface area contributed by atoms with E-state index in [1.165, 1.54) is 6.07 Å². The van der Waals surface area contributed by atoms with Crippen molar-refractivity contribution in [3.8, 4) is 0 Å². The minimum atomic E-state index is -3.31. The fourth-order valence-corrected chi connectivity index (χ4v) is 3.10. The SMILES string of the molecule is CS(=O)(=O)c1cc(Br)cc(CN)c1Cl. The highest BCUT2D eigenvalue weighted by molar-refractivity contribution is 9.10. The van der Waals surface area contributed by atoms with E-state index in [4.69, 9.17) is 17.3 Å². The van der Waals surface area contributed by atoms with Gasteiger partial charge in [0.1, 0.15) is 0 Å². The summed E-state index contributed by atoms with van der Waals surface area (Å²) in [6, 6.07) is 3.17. The van der Waals surface area contributed by atoms with Gasteiger partial charge < -0.3 is 5.73 Å². The molecule has 1 aromatic carbocycles. The highest BCUT2D eigenvalue weighted by Gasteiger charge is 2.15. The van der Waals surface area contributed by atoms with Crippen molar-refractivity contribution in [2.75, 3.05) is 6.26 Å². The Kier molecular flexibility index (Phi) is 3.58. The first-order chi connectivity index (χ1) is 6.36. The van der Waals surface area contributed by atoms with Gasteiger partial charge in [0, 0.05) is 17.3 Å². The second kappa shape index (κ2) is 4.18. The lowest BCUT2D eigenvalue weighted by Gasteiger charge is -2.07. The van der Waals surface area contributed by atoms with Gasteiger partial charge in [0.2, 0.25) is 0 Å². The van der Waals surface area contributed by atoms with Crippen LogP contribution in [0.5, 0.6) is 0 Å². The number of nitrogens with two attached hydrogens (primary N) is 1. The maximum Gasteiger partial charge on any atom is 0.177 e. The van der Waals surface area contributed by atoms with Crippen molar-refractivity contribution >= 4 is 37.4 Å². The standard InChI is InChI=1S/C8H9BrClNO2S/c1-14(12,13)7-3-6(9)2-5(4-11)8(7)10/h2-3H,4,11H2,1H3. The molecule has 0 fully saturated rings. The number of benzene rings is 1. The molecule has 3 nitrogen and oxygen atoms in total. The van der Waals surface area contributed by atoms with Crippen molar-refractivity contribution < 1.29 is 8.42 Å². The Morgan fingerprint density at radius 1 is 1.50 bits per heavy atom. The molecule has 0 aromatic heterocycles. The average molecular weight is 299 g/mol. The van der Waals surface area contributed by atoms with Crippen molar-refractivity contribution in [2.24, 2.45) is 5.73 Å². The van der Waals surface area contributed by atoms with Crippen molar-refractivity contribution in [1.29, 1.82) is 0 Å². The zero-order valence-electron chi connectivity index (χ0n) is 7.42. The first-order valence-electron chi connectivity index (χ1n) is 3.74. The van der Waals surface area contributed by atoms with Crippen LogP contribution in [0.4, 0.5) is 0 Å². The zero-order chi connectivity index (χ0) is 10.9. The Morgan fingerprint density at radius 3 is 2.50 bits per heavy atom. The third kappa shape index (κ3) is 2.48. The molecule has 0 aliphatic heterocycles. The molecule has 0 bridgehead atoms. The molecule has 14 heavy (non-hydrogen) atoms. The van der Waals surface area contributed by atoms with Crippen LogP contribution in [0.2, 0.25) is 5.02 Å². The van der Waals surface area contributed by atoms with Crippen molar-refractivity contribution in [1.82, 2.24) is 0 Å². The summed E-state index contributed by atoms with van der Waals surface area (Å²) < 4.78 is 23.3. The Hall–Kier alpha value is -0.100. The molecule has 2 N–H and O–H groups in total. The van der Waals surface area contributed by atoms with Gasteiger partial charge in [-0.1, -0.05) is 27.5 Å². The molecule has 0 saturated heterocycles. The van der Waals surface area contributed by atoms with Crippen LogP contribution in [-0.4, -0.2) is 14.7 Å².